The highest BCUT2D eigenvalue weighted by atomic mass is 32.2. The molecule has 1 heterocycles. The highest BCUT2D eigenvalue weighted by molar-refractivity contribution is 7.89. The first-order chi connectivity index (χ1) is 15.8. The molecule has 2 aromatic carbocycles. The molecule has 10 heteroatoms. The molecule has 0 saturated carbocycles. The number of furan rings is 1. The van der Waals surface area contributed by atoms with Crippen molar-refractivity contribution in [2.45, 2.75) is 18.0 Å². The van der Waals surface area contributed by atoms with Crippen molar-refractivity contribution in [1.29, 1.82) is 0 Å². The second-order valence-corrected chi connectivity index (χ2v) is 9.09. The van der Waals surface area contributed by atoms with Gasteiger partial charge in [-0.1, -0.05) is 36.4 Å². The van der Waals surface area contributed by atoms with E-state index >= 15 is 0 Å². The molecule has 1 aromatic heterocycles. The molecule has 3 rings (SSSR count). The number of rotatable bonds is 11. The number of amides is 1. The van der Waals surface area contributed by atoms with Gasteiger partial charge in [-0.3, -0.25) is 14.9 Å². The van der Waals surface area contributed by atoms with Gasteiger partial charge in [0, 0.05) is 25.2 Å². The zero-order chi connectivity index (χ0) is 23.8. The summed E-state index contributed by atoms with van der Waals surface area (Å²) in [6.07, 6.45) is 2.88. The summed E-state index contributed by atoms with van der Waals surface area (Å²) in [7, 11) is -4.10. The van der Waals surface area contributed by atoms with Crippen LogP contribution in [0.4, 0.5) is 5.69 Å². The maximum Gasteiger partial charge on any atom is 0.269 e. The number of hydrogen-bond acceptors (Lipinski definition) is 6. The Balaban J connectivity index is 1.84. The van der Waals surface area contributed by atoms with Crippen LogP contribution in [0.15, 0.2) is 95.0 Å². The Morgan fingerprint density at radius 3 is 2.30 bits per heavy atom. The van der Waals surface area contributed by atoms with Gasteiger partial charge in [0.05, 0.1) is 29.2 Å². The predicted molar refractivity (Wildman–Crippen MR) is 121 cm³/mol. The number of sulfonamides is 1. The van der Waals surface area contributed by atoms with Crippen molar-refractivity contribution in [3.05, 3.63) is 107 Å². The van der Waals surface area contributed by atoms with Crippen molar-refractivity contribution >= 4 is 21.6 Å². The first-order valence-corrected chi connectivity index (χ1v) is 11.4. The van der Waals surface area contributed by atoms with Crippen LogP contribution in [0.3, 0.4) is 0 Å². The van der Waals surface area contributed by atoms with E-state index in [0.717, 1.165) is 34.1 Å². The van der Waals surface area contributed by atoms with E-state index < -0.39 is 27.4 Å². The fraction of sp³-hybridized carbons (Fsp3) is 0.174. The van der Waals surface area contributed by atoms with E-state index in [1.54, 1.807) is 12.1 Å². The van der Waals surface area contributed by atoms with Crippen LogP contribution >= 0.6 is 0 Å². The monoisotopic (exact) mass is 469 g/mol. The molecule has 3 aromatic rings. The molecule has 0 saturated heterocycles. The summed E-state index contributed by atoms with van der Waals surface area (Å²) in [5, 5.41) is 10.9. The van der Waals surface area contributed by atoms with Gasteiger partial charge in [-0.25, -0.2) is 8.42 Å². The highest BCUT2D eigenvalue weighted by Gasteiger charge is 2.28. The molecule has 9 nitrogen and oxygen atoms in total. The van der Waals surface area contributed by atoms with Crippen molar-refractivity contribution in [3.63, 3.8) is 0 Å². The van der Waals surface area contributed by atoms with E-state index in [1.165, 1.54) is 17.2 Å². The fourth-order valence-electron chi connectivity index (χ4n) is 3.16. The first-order valence-electron chi connectivity index (χ1n) is 10.0. The average molecular weight is 470 g/mol. The minimum atomic E-state index is -4.10. The molecular weight excluding hydrogens is 446 g/mol. The van der Waals surface area contributed by atoms with Gasteiger partial charge in [-0.2, -0.15) is 4.31 Å². The molecule has 172 valence electrons. The zero-order valence-corrected chi connectivity index (χ0v) is 18.6. The number of carbonyl (C=O) groups excluding carboxylic acids is 1. The largest absolute Gasteiger partial charge is 0.467 e. The maximum atomic E-state index is 13.2. The number of benzene rings is 2. The Hall–Kier alpha value is -3.76. The second-order valence-electron chi connectivity index (χ2n) is 7.15. The maximum absolute atomic E-state index is 13.2. The quantitative estimate of drug-likeness (QED) is 0.241. The number of nitrogens with zero attached hydrogens (tertiary/aromatic N) is 3. The summed E-state index contributed by atoms with van der Waals surface area (Å²) < 4.78 is 32.7. The fourth-order valence-corrected chi connectivity index (χ4v) is 4.52. The topological polar surface area (TPSA) is 114 Å². The minimum Gasteiger partial charge on any atom is -0.467 e. The lowest BCUT2D eigenvalue weighted by atomic mass is 10.2. The Labute approximate surface area is 191 Å². The third-order valence-electron chi connectivity index (χ3n) is 4.83. The van der Waals surface area contributed by atoms with E-state index in [4.69, 9.17) is 4.42 Å². The van der Waals surface area contributed by atoms with Crippen LogP contribution in [-0.2, 0) is 27.9 Å². The molecule has 0 aliphatic rings. The molecule has 0 radical (unpaired) electrons. The molecule has 0 atom stereocenters. The van der Waals surface area contributed by atoms with Gasteiger partial charge in [0.1, 0.15) is 5.76 Å². The number of nitro groups is 1. The van der Waals surface area contributed by atoms with Crippen molar-refractivity contribution in [3.8, 4) is 0 Å². The predicted octanol–water partition coefficient (Wildman–Crippen LogP) is 3.59. The smallest absolute Gasteiger partial charge is 0.269 e. The Kier molecular flexibility index (Phi) is 7.75. The van der Waals surface area contributed by atoms with Gasteiger partial charge in [0.2, 0.25) is 15.9 Å². The lowest BCUT2D eigenvalue weighted by molar-refractivity contribution is -0.384. The summed E-state index contributed by atoms with van der Waals surface area (Å²) in [6.45, 7) is 3.48. The average Bonchev–Trinajstić information content (AvgIpc) is 3.32. The highest BCUT2D eigenvalue weighted by Crippen LogP contribution is 2.20. The molecule has 0 unspecified atom stereocenters. The Morgan fingerprint density at radius 1 is 1.03 bits per heavy atom. The molecular formula is C23H23N3O6S. The van der Waals surface area contributed by atoms with E-state index in [2.05, 4.69) is 6.58 Å². The third kappa shape index (κ3) is 6.15. The Morgan fingerprint density at radius 2 is 1.73 bits per heavy atom. The summed E-state index contributed by atoms with van der Waals surface area (Å²) in [5.41, 5.74) is 0.652. The van der Waals surface area contributed by atoms with Crippen molar-refractivity contribution in [2.75, 3.05) is 13.1 Å². The van der Waals surface area contributed by atoms with Crippen LogP contribution in [0, 0.1) is 10.1 Å². The Bertz CT molecular complexity index is 1190. The summed E-state index contributed by atoms with van der Waals surface area (Å²) in [6, 6.07) is 17.3. The lowest BCUT2D eigenvalue weighted by Crippen LogP contribution is -2.42. The van der Waals surface area contributed by atoms with Crippen LogP contribution in [0.1, 0.15) is 11.3 Å². The lowest BCUT2D eigenvalue weighted by Gasteiger charge is -2.26. The van der Waals surface area contributed by atoms with Gasteiger partial charge >= 0.3 is 0 Å². The van der Waals surface area contributed by atoms with E-state index in [1.807, 2.05) is 30.3 Å². The minimum absolute atomic E-state index is 0.106. The van der Waals surface area contributed by atoms with Crippen LogP contribution in [0.2, 0.25) is 0 Å². The molecule has 0 spiro atoms. The first kappa shape index (κ1) is 23.9. The molecule has 0 aliphatic carbocycles. The van der Waals surface area contributed by atoms with Crippen molar-refractivity contribution in [1.82, 2.24) is 9.21 Å². The summed E-state index contributed by atoms with van der Waals surface area (Å²) in [5.74, 6) is 0.135. The van der Waals surface area contributed by atoms with E-state index in [-0.39, 0.29) is 30.2 Å². The molecule has 0 fully saturated rings. The number of carbonyl (C=O) groups is 1. The van der Waals surface area contributed by atoms with Crippen LogP contribution < -0.4 is 0 Å². The van der Waals surface area contributed by atoms with Crippen LogP contribution in [0.5, 0.6) is 0 Å². The second kappa shape index (κ2) is 10.7. The van der Waals surface area contributed by atoms with Crippen molar-refractivity contribution in [2.24, 2.45) is 0 Å². The van der Waals surface area contributed by atoms with Gasteiger partial charge in [0.15, 0.2) is 0 Å². The van der Waals surface area contributed by atoms with Crippen LogP contribution in [0.25, 0.3) is 0 Å². The summed E-state index contributed by atoms with van der Waals surface area (Å²) in [4.78, 5) is 24.9. The zero-order valence-electron chi connectivity index (χ0n) is 17.7. The van der Waals surface area contributed by atoms with Gasteiger partial charge in [-0.15, -0.1) is 6.58 Å². The van der Waals surface area contributed by atoms with E-state index in [0.29, 0.717) is 5.76 Å². The standard InChI is InChI=1S/C23H23N3O6S/c1-2-14-25(33(30,31)22-12-10-20(11-13-22)26(28)29)18-23(27)24(17-21-9-6-15-32-21)16-19-7-4-3-5-8-19/h2-13,15H,1,14,16-18H2. The molecule has 0 aliphatic heterocycles. The van der Waals surface area contributed by atoms with Gasteiger partial charge in [0.25, 0.3) is 5.69 Å². The van der Waals surface area contributed by atoms with Crippen LogP contribution in [-0.4, -0.2) is 41.5 Å². The molecule has 0 N–H and O–H groups in total. The van der Waals surface area contributed by atoms with E-state index in [9.17, 15) is 23.3 Å². The van der Waals surface area contributed by atoms with Gasteiger partial charge < -0.3 is 9.32 Å². The number of hydrogen-bond donors (Lipinski definition) is 0. The summed E-state index contributed by atoms with van der Waals surface area (Å²) >= 11 is 0. The van der Waals surface area contributed by atoms with Crippen molar-refractivity contribution < 1.29 is 22.6 Å². The number of non-ortho nitro benzene ring substituents is 1. The third-order valence-corrected chi connectivity index (χ3v) is 6.65. The normalized spacial score (nSPS) is 11.3. The molecule has 33 heavy (non-hydrogen) atoms. The van der Waals surface area contributed by atoms with Gasteiger partial charge in [-0.05, 0) is 29.8 Å². The number of nitro benzene ring substituents is 1. The molecule has 1 amide bonds. The molecule has 0 bridgehead atoms. The SMILES string of the molecule is C=CCN(CC(=O)N(Cc1ccccc1)Cc1ccco1)S(=O)(=O)c1ccc([N+](=O)[O-])cc1.